The summed E-state index contributed by atoms with van der Waals surface area (Å²) in [6.45, 7) is 3.13. The van der Waals surface area contributed by atoms with Crippen LogP contribution in [0.3, 0.4) is 0 Å². The van der Waals surface area contributed by atoms with E-state index in [0.717, 1.165) is 4.57 Å². The highest BCUT2D eigenvalue weighted by Gasteiger charge is 2.36. The van der Waals surface area contributed by atoms with E-state index in [1.165, 1.54) is 19.4 Å². The predicted molar refractivity (Wildman–Crippen MR) is 85.8 cm³/mol. The van der Waals surface area contributed by atoms with Crippen LogP contribution < -0.4 is 10.3 Å². The summed E-state index contributed by atoms with van der Waals surface area (Å²) in [7, 11) is 1.36. The molecular weight excluding hydrogens is 369 g/mol. The zero-order chi connectivity index (χ0) is 19.9. The van der Waals surface area contributed by atoms with Gasteiger partial charge < -0.3 is 9.26 Å². The molecule has 3 heterocycles. The molecule has 0 unspecified atom stereocenters. The van der Waals surface area contributed by atoms with Crippen molar-refractivity contribution in [3.8, 4) is 17.1 Å². The van der Waals surface area contributed by atoms with Crippen LogP contribution in [0.5, 0.6) is 5.75 Å². The summed E-state index contributed by atoms with van der Waals surface area (Å²) in [4.78, 5) is 32.9. The fraction of sp³-hybridized carbons (Fsp3) is 0.312. The molecule has 0 saturated heterocycles. The minimum Gasteiger partial charge on any atom is -0.423 e. The Morgan fingerprint density at radius 2 is 1.93 bits per heavy atom. The first kappa shape index (κ1) is 18.5. The van der Waals surface area contributed by atoms with Crippen molar-refractivity contribution in [2.24, 2.45) is 13.0 Å². The van der Waals surface area contributed by atoms with Gasteiger partial charge in [-0.3, -0.25) is 14.2 Å². The fourth-order valence-corrected chi connectivity index (χ4v) is 2.28. The Kier molecular flexibility index (Phi) is 4.46. The van der Waals surface area contributed by atoms with Gasteiger partial charge in [0.15, 0.2) is 22.9 Å². The number of ether oxygens (including phenoxy) is 1. The molecule has 0 fully saturated rings. The molecule has 0 bridgehead atoms. The maximum absolute atomic E-state index is 12.9. The Morgan fingerprint density at radius 1 is 1.26 bits per heavy atom. The molecule has 0 aliphatic carbocycles. The van der Waals surface area contributed by atoms with E-state index in [2.05, 4.69) is 15.1 Å². The van der Waals surface area contributed by atoms with Gasteiger partial charge in [0.05, 0.1) is 5.92 Å². The first-order valence-corrected chi connectivity index (χ1v) is 7.71. The highest BCUT2D eigenvalue weighted by molar-refractivity contribution is 5.90. The standard InChI is InChI=1S/C16H13F3N4O4/c1-7(2)15(25)26-12-10(8-6-9(22-27-8)16(17,18)19)14(24)23(3)13-11(12)20-4-5-21-13/h4-7H,1-3H3. The average Bonchev–Trinajstić information content (AvgIpc) is 3.09. The summed E-state index contributed by atoms with van der Waals surface area (Å²) in [6, 6.07) is 0.561. The monoisotopic (exact) mass is 382 g/mol. The molecule has 142 valence electrons. The Labute approximate surface area is 149 Å². The van der Waals surface area contributed by atoms with E-state index in [9.17, 15) is 22.8 Å². The van der Waals surface area contributed by atoms with Crippen LogP contribution in [-0.2, 0) is 18.0 Å². The lowest BCUT2D eigenvalue weighted by Crippen LogP contribution is -2.24. The number of carbonyl (C=O) groups excluding carboxylic acids is 1. The van der Waals surface area contributed by atoms with E-state index in [1.807, 2.05) is 0 Å². The number of fused-ring (bicyclic) bond motifs is 1. The minimum atomic E-state index is -4.77. The third kappa shape index (κ3) is 3.27. The zero-order valence-electron chi connectivity index (χ0n) is 14.4. The molecule has 0 aliphatic heterocycles. The molecule has 8 nitrogen and oxygen atoms in total. The molecule has 0 saturated carbocycles. The number of alkyl halides is 3. The molecule has 27 heavy (non-hydrogen) atoms. The number of aryl methyl sites for hydroxylation is 1. The van der Waals surface area contributed by atoms with Crippen molar-refractivity contribution in [2.75, 3.05) is 0 Å². The number of carbonyl (C=O) groups is 1. The summed E-state index contributed by atoms with van der Waals surface area (Å²) < 4.78 is 49.6. The number of hydrogen-bond acceptors (Lipinski definition) is 7. The summed E-state index contributed by atoms with van der Waals surface area (Å²) in [6.07, 6.45) is -2.14. The van der Waals surface area contributed by atoms with Gasteiger partial charge in [-0.25, -0.2) is 9.97 Å². The van der Waals surface area contributed by atoms with Crippen molar-refractivity contribution in [1.82, 2.24) is 19.7 Å². The second-order valence-electron chi connectivity index (χ2n) is 5.95. The summed E-state index contributed by atoms with van der Waals surface area (Å²) in [5.74, 6) is -2.09. The van der Waals surface area contributed by atoms with Crippen LogP contribution in [0.2, 0.25) is 0 Å². The Hall–Kier alpha value is -3.24. The number of pyridine rings is 1. The summed E-state index contributed by atoms with van der Waals surface area (Å²) in [5, 5.41) is 2.95. The molecule has 0 amide bonds. The van der Waals surface area contributed by atoms with Gasteiger partial charge in [0.2, 0.25) is 0 Å². The SMILES string of the molecule is CC(C)C(=O)Oc1c(-c2cc(C(F)(F)F)no2)c(=O)n(C)c2nccnc12. The quantitative estimate of drug-likeness (QED) is 0.642. The first-order chi connectivity index (χ1) is 12.6. The number of hydrogen-bond donors (Lipinski definition) is 0. The van der Waals surface area contributed by atoms with Gasteiger partial charge in [-0.05, 0) is 0 Å². The van der Waals surface area contributed by atoms with E-state index in [0.29, 0.717) is 6.07 Å². The molecule has 0 N–H and O–H groups in total. The predicted octanol–water partition coefficient (Wildman–Crippen LogP) is 2.56. The third-order valence-corrected chi connectivity index (χ3v) is 3.68. The molecule has 11 heteroatoms. The van der Waals surface area contributed by atoms with Gasteiger partial charge in [0.25, 0.3) is 5.56 Å². The second kappa shape index (κ2) is 6.49. The van der Waals surface area contributed by atoms with Crippen molar-refractivity contribution in [1.29, 1.82) is 0 Å². The maximum atomic E-state index is 12.9. The van der Waals surface area contributed by atoms with Gasteiger partial charge in [0.1, 0.15) is 11.1 Å². The Balaban J connectivity index is 2.33. The third-order valence-electron chi connectivity index (χ3n) is 3.68. The lowest BCUT2D eigenvalue weighted by molar-refractivity contribution is -0.142. The van der Waals surface area contributed by atoms with Crippen molar-refractivity contribution in [3.63, 3.8) is 0 Å². The van der Waals surface area contributed by atoms with Crippen molar-refractivity contribution in [3.05, 3.63) is 34.5 Å². The van der Waals surface area contributed by atoms with Crippen LogP contribution in [0.25, 0.3) is 22.5 Å². The average molecular weight is 382 g/mol. The molecule has 0 aromatic carbocycles. The zero-order valence-corrected chi connectivity index (χ0v) is 14.4. The van der Waals surface area contributed by atoms with Crippen molar-refractivity contribution in [2.45, 2.75) is 20.0 Å². The highest BCUT2D eigenvalue weighted by Crippen LogP contribution is 2.36. The van der Waals surface area contributed by atoms with E-state index < -0.39 is 40.6 Å². The topological polar surface area (TPSA) is 100 Å². The lowest BCUT2D eigenvalue weighted by atomic mass is 10.1. The number of halogens is 3. The second-order valence-corrected chi connectivity index (χ2v) is 5.95. The van der Waals surface area contributed by atoms with Gasteiger partial charge >= 0.3 is 12.1 Å². The van der Waals surface area contributed by atoms with Crippen LogP contribution in [0, 0.1) is 5.92 Å². The van der Waals surface area contributed by atoms with E-state index >= 15 is 0 Å². The molecule has 3 rings (SSSR count). The van der Waals surface area contributed by atoms with E-state index in [4.69, 9.17) is 9.26 Å². The Bertz CT molecular complexity index is 1090. The van der Waals surface area contributed by atoms with Crippen LogP contribution in [-0.4, -0.2) is 25.7 Å². The highest BCUT2D eigenvalue weighted by atomic mass is 19.4. The van der Waals surface area contributed by atoms with Gasteiger partial charge in [-0.1, -0.05) is 19.0 Å². The lowest BCUT2D eigenvalue weighted by Gasteiger charge is -2.13. The van der Waals surface area contributed by atoms with Gasteiger partial charge in [0, 0.05) is 25.5 Å². The first-order valence-electron chi connectivity index (χ1n) is 7.71. The normalized spacial score (nSPS) is 12.0. The minimum absolute atomic E-state index is 0.0218. The number of esters is 1. The van der Waals surface area contributed by atoms with Gasteiger partial charge in [-0.2, -0.15) is 13.2 Å². The summed E-state index contributed by atoms with van der Waals surface area (Å²) in [5.41, 5.74) is -2.39. The van der Waals surface area contributed by atoms with Crippen LogP contribution in [0.15, 0.2) is 27.8 Å². The van der Waals surface area contributed by atoms with E-state index in [-0.39, 0.29) is 16.9 Å². The molecule has 0 atom stereocenters. The Morgan fingerprint density at radius 3 is 2.52 bits per heavy atom. The van der Waals surface area contributed by atoms with Crippen LogP contribution >= 0.6 is 0 Å². The van der Waals surface area contributed by atoms with E-state index in [1.54, 1.807) is 13.8 Å². The van der Waals surface area contributed by atoms with Crippen LogP contribution in [0.4, 0.5) is 13.2 Å². The smallest absolute Gasteiger partial charge is 0.423 e. The fourth-order valence-electron chi connectivity index (χ4n) is 2.28. The molecule has 3 aromatic rings. The number of nitrogens with zero attached hydrogens (tertiary/aromatic N) is 4. The molecular formula is C16H13F3N4O4. The number of rotatable bonds is 3. The molecule has 0 spiro atoms. The largest absolute Gasteiger partial charge is 0.436 e. The van der Waals surface area contributed by atoms with Crippen molar-refractivity contribution < 1.29 is 27.2 Å². The summed E-state index contributed by atoms with van der Waals surface area (Å²) >= 11 is 0. The van der Waals surface area contributed by atoms with Crippen molar-refractivity contribution >= 4 is 17.1 Å². The maximum Gasteiger partial charge on any atom is 0.436 e. The number of aromatic nitrogens is 4. The molecule has 0 aliphatic rings. The molecule has 0 radical (unpaired) electrons. The molecule has 3 aromatic heterocycles. The van der Waals surface area contributed by atoms with Gasteiger partial charge in [-0.15, -0.1) is 0 Å². The van der Waals surface area contributed by atoms with Crippen LogP contribution in [0.1, 0.15) is 19.5 Å².